The van der Waals surface area contributed by atoms with Crippen LogP contribution in [0.5, 0.6) is 0 Å². The van der Waals surface area contributed by atoms with Gasteiger partial charge in [0.15, 0.2) is 0 Å². The molecular weight excluding hydrogens is 436 g/mol. The van der Waals surface area contributed by atoms with Crippen molar-refractivity contribution < 1.29 is 9.59 Å². The molecule has 33 heavy (non-hydrogen) atoms. The van der Waals surface area contributed by atoms with Crippen LogP contribution in [0.2, 0.25) is 5.02 Å². The Balaban J connectivity index is 1.63. The molecule has 3 aromatic rings. The molecule has 2 aromatic carbocycles. The van der Waals surface area contributed by atoms with E-state index in [9.17, 15) is 9.59 Å². The van der Waals surface area contributed by atoms with E-state index >= 15 is 0 Å². The van der Waals surface area contributed by atoms with Gasteiger partial charge in [-0.2, -0.15) is 5.10 Å². The average molecular weight is 465 g/mol. The van der Waals surface area contributed by atoms with Crippen LogP contribution in [-0.2, 0) is 16.1 Å². The number of para-hydroxylation sites is 1. The SMILES string of the molecule is CCC(=O)N1CCCCC1C(=O)N(C)Cc1cn(-c2ccccc2)nc1-c1ccc(Cl)cc1. The first-order valence-electron chi connectivity index (χ1n) is 11.4. The molecule has 1 atom stereocenters. The van der Waals surface area contributed by atoms with Gasteiger partial charge in [0.1, 0.15) is 6.04 Å². The number of carbonyl (C=O) groups is 2. The number of aromatic nitrogens is 2. The van der Waals surface area contributed by atoms with Gasteiger partial charge < -0.3 is 9.80 Å². The van der Waals surface area contributed by atoms with Crippen LogP contribution < -0.4 is 0 Å². The summed E-state index contributed by atoms with van der Waals surface area (Å²) in [5.74, 6) is 0.0196. The Kier molecular flexibility index (Phi) is 7.14. The fourth-order valence-electron chi connectivity index (χ4n) is 4.37. The molecule has 4 rings (SSSR count). The molecular formula is C26H29ClN4O2. The first-order chi connectivity index (χ1) is 16.0. The molecule has 0 radical (unpaired) electrons. The zero-order valence-electron chi connectivity index (χ0n) is 19.1. The monoisotopic (exact) mass is 464 g/mol. The molecule has 1 fully saturated rings. The molecule has 1 saturated heterocycles. The Morgan fingerprint density at radius 3 is 2.52 bits per heavy atom. The highest BCUT2D eigenvalue weighted by Crippen LogP contribution is 2.27. The minimum absolute atomic E-state index is 0.0222. The fraction of sp³-hybridized carbons (Fsp3) is 0.346. The van der Waals surface area contributed by atoms with Gasteiger partial charge in [0.05, 0.1) is 11.4 Å². The molecule has 0 bridgehead atoms. The Labute approximate surface area is 199 Å². The molecule has 2 heterocycles. The highest BCUT2D eigenvalue weighted by molar-refractivity contribution is 6.30. The van der Waals surface area contributed by atoms with Crippen molar-refractivity contribution in [1.29, 1.82) is 0 Å². The molecule has 1 unspecified atom stereocenters. The number of likely N-dealkylation sites (N-methyl/N-ethyl adjacent to an activating group) is 1. The predicted molar refractivity (Wildman–Crippen MR) is 130 cm³/mol. The van der Waals surface area contributed by atoms with Crippen molar-refractivity contribution in [3.63, 3.8) is 0 Å². The summed E-state index contributed by atoms with van der Waals surface area (Å²) in [6.07, 6.45) is 5.00. The zero-order valence-corrected chi connectivity index (χ0v) is 19.8. The zero-order chi connectivity index (χ0) is 23.4. The van der Waals surface area contributed by atoms with E-state index in [0.29, 0.717) is 31.0 Å². The fourth-order valence-corrected chi connectivity index (χ4v) is 4.49. The van der Waals surface area contributed by atoms with Gasteiger partial charge in [-0.15, -0.1) is 0 Å². The lowest BCUT2D eigenvalue weighted by atomic mass is 10.00. The van der Waals surface area contributed by atoms with Crippen LogP contribution >= 0.6 is 11.6 Å². The van der Waals surface area contributed by atoms with Crippen LogP contribution in [0.25, 0.3) is 16.9 Å². The van der Waals surface area contributed by atoms with Crippen molar-refractivity contribution in [2.75, 3.05) is 13.6 Å². The summed E-state index contributed by atoms with van der Waals surface area (Å²) in [4.78, 5) is 29.3. The molecule has 172 valence electrons. The second-order valence-corrected chi connectivity index (χ2v) is 8.87. The van der Waals surface area contributed by atoms with Crippen LogP contribution in [0, 0.1) is 0 Å². The summed E-state index contributed by atoms with van der Waals surface area (Å²) in [6.45, 7) is 2.89. The molecule has 7 heteroatoms. The van der Waals surface area contributed by atoms with Crippen molar-refractivity contribution in [3.05, 3.63) is 71.4 Å². The number of nitrogens with zero attached hydrogens (tertiary/aromatic N) is 4. The predicted octanol–water partition coefficient (Wildman–Crippen LogP) is 4.94. The van der Waals surface area contributed by atoms with Crippen molar-refractivity contribution in [2.24, 2.45) is 0 Å². The lowest BCUT2D eigenvalue weighted by Gasteiger charge is -2.36. The third-order valence-corrected chi connectivity index (χ3v) is 6.37. The quantitative estimate of drug-likeness (QED) is 0.519. The molecule has 6 nitrogen and oxygen atoms in total. The van der Waals surface area contributed by atoms with Crippen molar-refractivity contribution in [3.8, 4) is 16.9 Å². The third-order valence-electron chi connectivity index (χ3n) is 6.12. The lowest BCUT2D eigenvalue weighted by molar-refractivity contribution is -0.147. The van der Waals surface area contributed by atoms with Crippen LogP contribution in [-0.4, -0.2) is 51.0 Å². The van der Waals surface area contributed by atoms with Crippen LogP contribution in [0.4, 0.5) is 0 Å². The number of likely N-dealkylation sites (tertiary alicyclic amines) is 1. The van der Waals surface area contributed by atoms with Crippen molar-refractivity contribution in [2.45, 2.75) is 45.2 Å². The second kappa shape index (κ2) is 10.2. The number of piperidine rings is 1. The summed E-state index contributed by atoms with van der Waals surface area (Å²) >= 11 is 6.09. The van der Waals surface area contributed by atoms with Crippen LogP contribution in [0.1, 0.15) is 38.2 Å². The van der Waals surface area contributed by atoms with Gasteiger partial charge in [0.25, 0.3) is 0 Å². The minimum atomic E-state index is -0.389. The third kappa shape index (κ3) is 5.11. The molecule has 1 aliphatic rings. The Morgan fingerprint density at radius 1 is 1.09 bits per heavy atom. The molecule has 1 aliphatic heterocycles. The van der Waals surface area contributed by atoms with E-state index < -0.39 is 0 Å². The van der Waals surface area contributed by atoms with Crippen LogP contribution in [0.3, 0.4) is 0 Å². The minimum Gasteiger partial charge on any atom is -0.339 e. The van der Waals surface area contributed by atoms with Crippen molar-refractivity contribution >= 4 is 23.4 Å². The van der Waals surface area contributed by atoms with Crippen LogP contribution in [0.15, 0.2) is 60.8 Å². The van der Waals surface area contributed by atoms with E-state index in [1.807, 2.05) is 72.4 Å². The van der Waals surface area contributed by atoms with E-state index in [4.69, 9.17) is 16.7 Å². The van der Waals surface area contributed by atoms with Crippen molar-refractivity contribution in [1.82, 2.24) is 19.6 Å². The first kappa shape index (κ1) is 23.1. The molecule has 0 N–H and O–H groups in total. The number of hydrogen-bond acceptors (Lipinski definition) is 3. The largest absolute Gasteiger partial charge is 0.339 e. The normalized spacial score (nSPS) is 16.0. The van der Waals surface area contributed by atoms with E-state index in [0.717, 1.165) is 35.3 Å². The number of halogens is 1. The highest BCUT2D eigenvalue weighted by atomic mass is 35.5. The van der Waals surface area contributed by atoms with E-state index in [-0.39, 0.29) is 17.9 Å². The summed E-state index contributed by atoms with van der Waals surface area (Å²) in [6, 6.07) is 17.1. The van der Waals surface area contributed by atoms with Gasteiger partial charge in [-0.3, -0.25) is 9.59 Å². The first-order valence-corrected chi connectivity index (χ1v) is 11.8. The smallest absolute Gasteiger partial charge is 0.245 e. The summed E-state index contributed by atoms with van der Waals surface area (Å²) in [7, 11) is 1.80. The topological polar surface area (TPSA) is 58.4 Å². The van der Waals surface area contributed by atoms with Gasteiger partial charge in [-0.1, -0.05) is 48.9 Å². The average Bonchev–Trinajstić information content (AvgIpc) is 3.27. The Hall–Kier alpha value is -3.12. The summed E-state index contributed by atoms with van der Waals surface area (Å²) < 4.78 is 1.84. The number of benzene rings is 2. The number of amides is 2. The molecule has 1 aromatic heterocycles. The highest BCUT2D eigenvalue weighted by Gasteiger charge is 2.33. The van der Waals surface area contributed by atoms with Gasteiger partial charge in [0, 0.05) is 48.9 Å². The van der Waals surface area contributed by atoms with Gasteiger partial charge in [-0.25, -0.2) is 4.68 Å². The summed E-state index contributed by atoms with van der Waals surface area (Å²) in [5, 5.41) is 5.49. The van der Waals surface area contributed by atoms with E-state index in [2.05, 4.69) is 0 Å². The Bertz CT molecular complexity index is 1110. The van der Waals surface area contributed by atoms with Gasteiger partial charge in [-0.05, 0) is 43.5 Å². The Morgan fingerprint density at radius 2 is 1.82 bits per heavy atom. The lowest BCUT2D eigenvalue weighted by Crippen LogP contribution is -2.52. The number of hydrogen-bond donors (Lipinski definition) is 0. The maximum atomic E-state index is 13.4. The maximum Gasteiger partial charge on any atom is 0.245 e. The van der Waals surface area contributed by atoms with Gasteiger partial charge >= 0.3 is 0 Å². The van der Waals surface area contributed by atoms with E-state index in [1.165, 1.54) is 0 Å². The van der Waals surface area contributed by atoms with Gasteiger partial charge in [0.2, 0.25) is 11.8 Å². The molecule has 2 amide bonds. The maximum absolute atomic E-state index is 13.4. The van der Waals surface area contributed by atoms with E-state index in [1.54, 1.807) is 16.8 Å². The summed E-state index contributed by atoms with van der Waals surface area (Å²) in [5.41, 5.74) is 3.62. The standard InChI is InChI=1S/C26H29ClN4O2/c1-3-24(32)30-16-8-7-11-23(30)26(33)29(2)17-20-18-31(22-9-5-4-6-10-22)28-25(20)19-12-14-21(27)15-13-19/h4-6,9-10,12-15,18,23H,3,7-8,11,16-17H2,1-2H3. The molecule has 0 saturated carbocycles. The second-order valence-electron chi connectivity index (χ2n) is 8.44. The number of carbonyl (C=O) groups excluding carboxylic acids is 2. The molecule has 0 spiro atoms. The number of rotatable bonds is 6. The molecule has 0 aliphatic carbocycles.